The largest absolute Gasteiger partial charge is 0.391 e. The molecule has 0 amide bonds. The van der Waals surface area contributed by atoms with Gasteiger partial charge in [0.1, 0.15) is 0 Å². The molecule has 1 aliphatic carbocycles. The Kier molecular flexibility index (Phi) is 5.85. The predicted octanol–water partition coefficient (Wildman–Crippen LogP) is 3.99. The molecule has 1 saturated carbocycles. The number of aliphatic hydroxyl groups excluding tert-OH is 1. The second kappa shape index (κ2) is 7.41. The fraction of sp³-hybridized carbons (Fsp3) is 0.812. The first-order valence-electron chi connectivity index (χ1n) is 8.01. The first-order chi connectivity index (χ1) is 9.69. The summed E-state index contributed by atoms with van der Waals surface area (Å²) < 4.78 is 0. The Morgan fingerprint density at radius 1 is 1.25 bits per heavy atom. The summed E-state index contributed by atoms with van der Waals surface area (Å²) in [5, 5.41) is 10.6. The molecule has 1 aromatic rings. The summed E-state index contributed by atoms with van der Waals surface area (Å²) in [6, 6.07) is 0.630. The van der Waals surface area contributed by atoms with Crippen molar-refractivity contribution in [3.63, 3.8) is 0 Å². The monoisotopic (exact) mass is 296 g/mol. The number of nitrogens with zero attached hydrogens (tertiary/aromatic N) is 2. The number of hydrogen-bond acceptors (Lipinski definition) is 4. The summed E-state index contributed by atoms with van der Waals surface area (Å²) in [6.45, 7) is 4.60. The molecule has 0 atom stereocenters. The minimum absolute atomic E-state index is 0.128. The maximum Gasteiger partial charge on any atom is 0.185 e. The summed E-state index contributed by atoms with van der Waals surface area (Å²) in [5.74, 6) is 0.930. The second-order valence-corrected chi connectivity index (χ2v) is 7.03. The number of aryl methyl sites for hydroxylation is 1. The SMILES string of the molecule is CCCc1nc(N(C)C2CCC(CC)CC2)sc1CO. The summed E-state index contributed by atoms with van der Waals surface area (Å²) in [6.07, 6.45) is 8.66. The van der Waals surface area contributed by atoms with Crippen molar-refractivity contribution in [2.75, 3.05) is 11.9 Å². The van der Waals surface area contributed by atoms with Gasteiger partial charge in [0.05, 0.1) is 17.2 Å². The topological polar surface area (TPSA) is 36.4 Å². The molecule has 1 fully saturated rings. The van der Waals surface area contributed by atoms with Crippen LogP contribution in [0.1, 0.15) is 62.9 Å². The molecule has 2 rings (SSSR count). The molecule has 0 radical (unpaired) electrons. The van der Waals surface area contributed by atoms with E-state index in [1.807, 2.05) is 0 Å². The Bertz CT molecular complexity index is 411. The van der Waals surface area contributed by atoms with E-state index < -0.39 is 0 Å². The van der Waals surface area contributed by atoms with Gasteiger partial charge in [-0.2, -0.15) is 0 Å². The highest BCUT2D eigenvalue weighted by Gasteiger charge is 2.25. The number of aromatic nitrogens is 1. The maximum atomic E-state index is 9.47. The van der Waals surface area contributed by atoms with Crippen molar-refractivity contribution < 1.29 is 5.11 Å². The van der Waals surface area contributed by atoms with E-state index in [1.54, 1.807) is 11.3 Å². The molecule has 0 aromatic carbocycles. The Morgan fingerprint density at radius 3 is 2.50 bits per heavy atom. The van der Waals surface area contributed by atoms with Crippen LogP contribution in [-0.4, -0.2) is 23.2 Å². The van der Waals surface area contributed by atoms with Gasteiger partial charge in [0, 0.05) is 13.1 Å². The van der Waals surface area contributed by atoms with E-state index in [9.17, 15) is 5.11 Å². The molecular formula is C16H28N2OS. The number of hydrogen-bond donors (Lipinski definition) is 1. The lowest BCUT2D eigenvalue weighted by Crippen LogP contribution is -2.35. The Morgan fingerprint density at radius 2 is 1.95 bits per heavy atom. The van der Waals surface area contributed by atoms with Gasteiger partial charge < -0.3 is 10.0 Å². The predicted molar refractivity (Wildman–Crippen MR) is 86.5 cm³/mol. The van der Waals surface area contributed by atoms with E-state index in [1.165, 1.54) is 32.1 Å². The van der Waals surface area contributed by atoms with Crippen molar-refractivity contribution in [2.24, 2.45) is 5.92 Å². The van der Waals surface area contributed by atoms with Crippen molar-refractivity contribution in [1.29, 1.82) is 0 Å². The highest BCUT2D eigenvalue weighted by atomic mass is 32.1. The van der Waals surface area contributed by atoms with Gasteiger partial charge in [-0.25, -0.2) is 4.98 Å². The summed E-state index contributed by atoms with van der Waals surface area (Å²) >= 11 is 1.67. The third kappa shape index (κ3) is 3.53. The smallest absolute Gasteiger partial charge is 0.185 e. The van der Waals surface area contributed by atoms with E-state index in [-0.39, 0.29) is 6.61 Å². The normalized spacial score (nSPS) is 23.0. The standard InChI is InChI=1S/C16H28N2OS/c1-4-6-14-15(11-19)20-16(17-14)18(3)13-9-7-12(5-2)8-10-13/h12-13,19H,4-11H2,1-3H3. The molecular weight excluding hydrogens is 268 g/mol. The van der Waals surface area contributed by atoms with Crippen molar-refractivity contribution in [3.05, 3.63) is 10.6 Å². The number of thiazole rings is 1. The zero-order valence-corrected chi connectivity index (χ0v) is 13.9. The highest BCUT2D eigenvalue weighted by Crippen LogP contribution is 2.34. The zero-order valence-electron chi connectivity index (χ0n) is 13.1. The Labute approximate surface area is 127 Å². The lowest BCUT2D eigenvalue weighted by atomic mass is 9.84. The van der Waals surface area contributed by atoms with Crippen molar-refractivity contribution >= 4 is 16.5 Å². The molecule has 1 heterocycles. The van der Waals surface area contributed by atoms with Crippen LogP contribution in [0.3, 0.4) is 0 Å². The number of aliphatic hydroxyl groups is 1. The molecule has 3 nitrogen and oxygen atoms in total. The quantitative estimate of drug-likeness (QED) is 0.862. The van der Waals surface area contributed by atoms with E-state index in [4.69, 9.17) is 4.98 Å². The molecule has 0 unspecified atom stereocenters. The summed E-state index contributed by atoms with van der Waals surface area (Å²) in [5.41, 5.74) is 1.10. The van der Waals surface area contributed by atoms with Gasteiger partial charge in [0.2, 0.25) is 0 Å². The molecule has 0 bridgehead atoms. The van der Waals surface area contributed by atoms with Gasteiger partial charge in [-0.15, -0.1) is 0 Å². The van der Waals surface area contributed by atoms with Crippen LogP contribution in [0.5, 0.6) is 0 Å². The third-order valence-electron chi connectivity index (χ3n) is 4.64. The fourth-order valence-corrected chi connectivity index (χ4v) is 4.17. The van der Waals surface area contributed by atoms with E-state index in [0.29, 0.717) is 6.04 Å². The van der Waals surface area contributed by atoms with Gasteiger partial charge in [0.25, 0.3) is 0 Å². The molecule has 20 heavy (non-hydrogen) atoms. The number of rotatable bonds is 6. The van der Waals surface area contributed by atoms with E-state index in [0.717, 1.165) is 34.5 Å². The van der Waals surface area contributed by atoms with Gasteiger partial charge in [0.15, 0.2) is 5.13 Å². The second-order valence-electron chi connectivity index (χ2n) is 5.97. The van der Waals surface area contributed by atoms with Crippen LogP contribution in [0, 0.1) is 5.92 Å². The van der Waals surface area contributed by atoms with E-state index >= 15 is 0 Å². The lowest BCUT2D eigenvalue weighted by Gasteiger charge is -2.34. The maximum absolute atomic E-state index is 9.47. The van der Waals surface area contributed by atoms with Crippen LogP contribution in [-0.2, 0) is 13.0 Å². The highest BCUT2D eigenvalue weighted by molar-refractivity contribution is 7.15. The van der Waals surface area contributed by atoms with Crippen LogP contribution in [0.2, 0.25) is 0 Å². The lowest BCUT2D eigenvalue weighted by molar-refractivity contribution is 0.284. The average molecular weight is 296 g/mol. The fourth-order valence-electron chi connectivity index (χ4n) is 3.17. The molecule has 1 N–H and O–H groups in total. The minimum atomic E-state index is 0.128. The van der Waals surface area contributed by atoms with E-state index in [2.05, 4.69) is 25.8 Å². The summed E-state index contributed by atoms with van der Waals surface area (Å²) in [4.78, 5) is 8.18. The van der Waals surface area contributed by atoms with Crippen LogP contribution in [0.25, 0.3) is 0 Å². The third-order valence-corrected chi connectivity index (χ3v) is 5.81. The van der Waals surface area contributed by atoms with Gasteiger partial charge in [-0.3, -0.25) is 0 Å². The molecule has 1 aromatic heterocycles. The Balaban J connectivity index is 2.03. The molecule has 4 heteroatoms. The first kappa shape index (κ1) is 15.8. The van der Waals surface area contributed by atoms with Gasteiger partial charge in [-0.05, 0) is 38.0 Å². The van der Waals surface area contributed by atoms with Gasteiger partial charge in [-0.1, -0.05) is 38.0 Å². The molecule has 0 aliphatic heterocycles. The first-order valence-corrected chi connectivity index (χ1v) is 8.83. The van der Waals surface area contributed by atoms with Crippen molar-refractivity contribution in [2.45, 2.75) is 71.4 Å². The Hall–Kier alpha value is -0.610. The molecule has 0 saturated heterocycles. The average Bonchev–Trinajstić information content (AvgIpc) is 2.90. The van der Waals surface area contributed by atoms with Crippen LogP contribution >= 0.6 is 11.3 Å². The van der Waals surface area contributed by atoms with Gasteiger partial charge >= 0.3 is 0 Å². The van der Waals surface area contributed by atoms with Crippen LogP contribution < -0.4 is 4.90 Å². The number of anilines is 1. The van der Waals surface area contributed by atoms with Crippen molar-refractivity contribution in [1.82, 2.24) is 4.98 Å². The molecule has 1 aliphatic rings. The van der Waals surface area contributed by atoms with Crippen LogP contribution in [0.4, 0.5) is 5.13 Å². The van der Waals surface area contributed by atoms with Crippen molar-refractivity contribution in [3.8, 4) is 0 Å². The zero-order chi connectivity index (χ0) is 14.5. The molecule has 114 valence electrons. The summed E-state index contributed by atoms with van der Waals surface area (Å²) in [7, 11) is 2.17. The van der Waals surface area contributed by atoms with Crippen LogP contribution in [0.15, 0.2) is 0 Å². The minimum Gasteiger partial charge on any atom is -0.391 e. The molecule has 0 spiro atoms.